The van der Waals surface area contributed by atoms with E-state index in [0.29, 0.717) is 17.8 Å². The van der Waals surface area contributed by atoms with E-state index in [1.807, 2.05) is 0 Å². The Balaban J connectivity index is 1.59. The van der Waals surface area contributed by atoms with Gasteiger partial charge in [0.1, 0.15) is 0 Å². The van der Waals surface area contributed by atoms with Gasteiger partial charge in [0.05, 0.1) is 23.3 Å². The second-order valence-corrected chi connectivity index (χ2v) is 7.77. The summed E-state index contributed by atoms with van der Waals surface area (Å²) in [6, 6.07) is 15.5. The van der Waals surface area contributed by atoms with Crippen LogP contribution >= 0.6 is 0 Å². The zero-order chi connectivity index (χ0) is 18.3. The molecule has 3 atom stereocenters. The van der Waals surface area contributed by atoms with Crippen molar-refractivity contribution in [2.45, 2.75) is 44.7 Å². The molecule has 2 unspecified atom stereocenters. The van der Waals surface area contributed by atoms with Crippen molar-refractivity contribution >= 4 is 11.4 Å². The van der Waals surface area contributed by atoms with Crippen LogP contribution in [0.3, 0.4) is 0 Å². The maximum absolute atomic E-state index is 9.97. The number of hydrogen-bond donors (Lipinski definition) is 2. The molecule has 1 saturated carbocycles. The van der Waals surface area contributed by atoms with Crippen LogP contribution in [0.15, 0.2) is 54.8 Å². The van der Waals surface area contributed by atoms with Gasteiger partial charge in [0, 0.05) is 13.0 Å². The highest BCUT2D eigenvalue weighted by atomic mass is 16.3. The molecule has 1 heterocycles. The van der Waals surface area contributed by atoms with Crippen molar-refractivity contribution < 1.29 is 5.11 Å². The van der Waals surface area contributed by atoms with E-state index in [1.165, 1.54) is 40.9 Å². The van der Waals surface area contributed by atoms with Crippen molar-refractivity contribution in [3.8, 4) is 11.1 Å². The second kappa shape index (κ2) is 6.71. The highest BCUT2D eigenvalue weighted by Gasteiger charge is 2.28. The van der Waals surface area contributed by atoms with E-state index in [9.17, 15) is 5.11 Å². The predicted molar refractivity (Wildman–Crippen MR) is 110 cm³/mol. The zero-order valence-corrected chi connectivity index (χ0v) is 15.7. The average Bonchev–Trinajstić information content (AvgIpc) is 2.95. The number of aliphatic hydroxyl groups is 1. The average molecular weight is 348 g/mol. The van der Waals surface area contributed by atoms with Gasteiger partial charge in [-0.3, -0.25) is 0 Å². The number of hydrogen-bond acceptors (Lipinski definition) is 3. The first-order valence-corrected chi connectivity index (χ1v) is 9.66. The Morgan fingerprint density at radius 3 is 2.50 bits per heavy atom. The lowest BCUT2D eigenvalue weighted by Gasteiger charge is -2.31. The van der Waals surface area contributed by atoms with Crippen LogP contribution in [-0.2, 0) is 0 Å². The van der Waals surface area contributed by atoms with Gasteiger partial charge in [-0.2, -0.15) is 0 Å². The highest BCUT2D eigenvalue weighted by Crippen LogP contribution is 2.41. The molecule has 136 valence electrons. The molecule has 0 amide bonds. The van der Waals surface area contributed by atoms with Crippen molar-refractivity contribution in [2.24, 2.45) is 5.92 Å². The topological polar surface area (TPSA) is 35.5 Å². The van der Waals surface area contributed by atoms with Gasteiger partial charge < -0.3 is 15.3 Å². The maximum Gasteiger partial charge on any atom is 0.0959 e. The Morgan fingerprint density at radius 1 is 1.08 bits per heavy atom. The molecule has 1 fully saturated rings. The minimum absolute atomic E-state index is 0.204. The normalized spacial score (nSPS) is 24.8. The molecule has 0 saturated heterocycles. The highest BCUT2D eigenvalue weighted by molar-refractivity contribution is 5.81. The van der Waals surface area contributed by atoms with Crippen LogP contribution in [0.5, 0.6) is 0 Å². The van der Waals surface area contributed by atoms with Crippen LogP contribution in [0.25, 0.3) is 11.1 Å². The third-order valence-electron chi connectivity index (χ3n) is 6.19. The summed E-state index contributed by atoms with van der Waals surface area (Å²) in [5.41, 5.74) is 6.24. The molecule has 2 aromatic carbocycles. The fourth-order valence-electron chi connectivity index (χ4n) is 4.52. The van der Waals surface area contributed by atoms with Gasteiger partial charge in [0.15, 0.2) is 0 Å². The number of anilines is 2. The van der Waals surface area contributed by atoms with E-state index in [-0.39, 0.29) is 5.92 Å². The minimum Gasteiger partial charge on any atom is -0.513 e. The van der Waals surface area contributed by atoms with E-state index < -0.39 is 0 Å². The Labute approximate surface area is 156 Å². The van der Waals surface area contributed by atoms with Gasteiger partial charge in [0.2, 0.25) is 0 Å². The molecule has 2 N–H and O–H groups in total. The minimum atomic E-state index is 0.204. The predicted octanol–water partition coefficient (Wildman–Crippen LogP) is 5.91. The van der Waals surface area contributed by atoms with Gasteiger partial charge in [-0.05, 0) is 54.5 Å². The smallest absolute Gasteiger partial charge is 0.0959 e. The van der Waals surface area contributed by atoms with Gasteiger partial charge in [-0.15, -0.1) is 0 Å². The first-order valence-electron chi connectivity index (χ1n) is 9.66. The number of aliphatic hydroxyl groups excluding tert-OH is 1. The van der Waals surface area contributed by atoms with E-state index in [0.717, 1.165) is 12.8 Å². The maximum atomic E-state index is 9.97. The number of allylic oxidation sites excluding steroid dienone is 1. The Hall–Kier alpha value is -2.42. The summed E-state index contributed by atoms with van der Waals surface area (Å²) in [6.07, 6.45) is 4.93. The van der Waals surface area contributed by atoms with Crippen LogP contribution < -0.4 is 10.2 Å². The monoisotopic (exact) mass is 348 g/mol. The third kappa shape index (κ3) is 2.96. The number of benzene rings is 2. The molecule has 3 nitrogen and oxygen atoms in total. The molecule has 26 heavy (non-hydrogen) atoms. The lowest BCUT2D eigenvalue weighted by atomic mass is 9.74. The van der Waals surface area contributed by atoms with Crippen molar-refractivity contribution in [2.75, 3.05) is 17.3 Å². The number of nitrogens with zero attached hydrogens (tertiary/aromatic N) is 1. The first kappa shape index (κ1) is 17.0. The molecular formula is C23H28N2O. The molecule has 1 aliphatic carbocycles. The Kier molecular flexibility index (Phi) is 4.39. The molecule has 3 heteroatoms. The Morgan fingerprint density at radius 2 is 1.77 bits per heavy atom. The van der Waals surface area contributed by atoms with E-state index >= 15 is 0 Å². The lowest BCUT2D eigenvalue weighted by Crippen LogP contribution is -2.28. The fourth-order valence-corrected chi connectivity index (χ4v) is 4.52. The standard InChI is InChI=1S/C23H28N2O/c1-15(26)20-6-4-5-7-21(20)18-10-8-17(9-11-18)19-12-13-23-22(14-19)24-16(2)25(23)3/h8-14,16,20-21,24,26H,1,4-7H2,2-3H3/t16?,20-,21?/m1/s1. The largest absolute Gasteiger partial charge is 0.513 e. The van der Waals surface area contributed by atoms with Crippen molar-refractivity contribution in [3.63, 3.8) is 0 Å². The van der Waals surface area contributed by atoms with Crippen LogP contribution in [0.4, 0.5) is 11.4 Å². The summed E-state index contributed by atoms with van der Waals surface area (Å²) >= 11 is 0. The Bertz CT molecular complexity index is 811. The molecule has 0 radical (unpaired) electrons. The van der Waals surface area contributed by atoms with E-state index in [1.54, 1.807) is 0 Å². The molecule has 0 spiro atoms. The lowest BCUT2D eigenvalue weighted by molar-refractivity contribution is 0.249. The molecule has 0 bridgehead atoms. The number of nitrogens with one attached hydrogen (secondary N) is 1. The van der Waals surface area contributed by atoms with Gasteiger partial charge in [0.25, 0.3) is 0 Å². The summed E-state index contributed by atoms with van der Waals surface area (Å²) in [5.74, 6) is 0.948. The van der Waals surface area contributed by atoms with Crippen LogP contribution in [0.1, 0.15) is 44.1 Å². The number of fused-ring (bicyclic) bond motifs is 1. The number of rotatable bonds is 3. The van der Waals surface area contributed by atoms with E-state index in [4.69, 9.17) is 0 Å². The van der Waals surface area contributed by atoms with Gasteiger partial charge >= 0.3 is 0 Å². The van der Waals surface area contributed by atoms with Crippen molar-refractivity contribution in [3.05, 3.63) is 60.4 Å². The van der Waals surface area contributed by atoms with Gasteiger partial charge in [-0.25, -0.2) is 0 Å². The van der Waals surface area contributed by atoms with Crippen molar-refractivity contribution in [1.82, 2.24) is 0 Å². The third-order valence-corrected chi connectivity index (χ3v) is 6.19. The van der Waals surface area contributed by atoms with Crippen LogP contribution in [0, 0.1) is 5.92 Å². The molecule has 1 aliphatic heterocycles. The second-order valence-electron chi connectivity index (χ2n) is 7.77. The van der Waals surface area contributed by atoms with Crippen molar-refractivity contribution in [1.29, 1.82) is 0 Å². The quantitative estimate of drug-likeness (QED) is 0.677. The molecule has 2 aliphatic rings. The molecule has 2 aromatic rings. The van der Waals surface area contributed by atoms with Crippen LogP contribution in [-0.4, -0.2) is 18.3 Å². The zero-order valence-electron chi connectivity index (χ0n) is 15.7. The van der Waals surface area contributed by atoms with Gasteiger partial charge in [-0.1, -0.05) is 49.8 Å². The molecule has 4 rings (SSSR count). The fraction of sp³-hybridized carbons (Fsp3) is 0.391. The van der Waals surface area contributed by atoms with E-state index in [2.05, 4.69) is 73.2 Å². The SMILES string of the molecule is C=C(O)[C@H]1CCCCC1c1ccc(-c2ccc3c(c2)NC(C)N3C)cc1. The summed E-state index contributed by atoms with van der Waals surface area (Å²) in [4.78, 5) is 2.26. The summed E-state index contributed by atoms with van der Waals surface area (Å²) < 4.78 is 0. The summed E-state index contributed by atoms with van der Waals surface area (Å²) in [7, 11) is 2.12. The molecule has 0 aromatic heterocycles. The first-order chi connectivity index (χ1) is 12.5. The molecular weight excluding hydrogens is 320 g/mol. The summed E-state index contributed by atoms with van der Waals surface area (Å²) in [5, 5.41) is 13.5. The summed E-state index contributed by atoms with van der Waals surface area (Å²) in [6.45, 7) is 5.98. The van der Waals surface area contributed by atoms with Crippen LogP contribution in [0.2, 0.25) is 0 Å².